The Hall–Kier alpha value is -2.70. The number of nitrogens with zero attached hydrogens (tertiary/aromatic N) is 1. The second-order valence-electron chi connectivity index (χ2n) is 4.96. The SMILES string of the molecule is O=C(N/N=C/c1ccc(Sc2ccc(Cl)cc2)o1)c1cccc(O)c1. The molecule has 0 atom stereocenters. The molecule has 0 radical (unpaired) electrons. The maximum absolute atomic E-state index is 11.9. The van der Waals surface area contributed by atoms with E-state index in [9.17, 15) is 9.90 Å². The zero-order valence-electron chi connectivity index (χ0n) is 12.8. The average Bonchev–Trinajstić information content (AvgIpc) is 3.04. The number of benzene rings is 2. The van der Waals surface area contributed by atoms with Crippen LogP contribution in [0.3, 0.4) is 0 Å². The van der Waals surface area contributed by atoms with Crippen LogP contribution in [0.4, 0.5) is 0 Å². The first-order chi connectivity index (χ1) is 12.1. The minimum Gasteiger partial charge on any atom is -0.508 e. The van der Waals surface area contributed by atoms with Crippen LogP contribution in [-0.2, 0) is 0 Å². The summed E-state index contributed by atoms with van der Waals surface area (Å²) < 4.78 is 5.61. The van der Waals surface area contributed by atoms with Crippen molar-refractivity contribution in [2.75, 3.05) is 0 Å². The Bertz CT molecular complexity index is 907. The maximum Gasteiger partial charge on any atom is 0.271 e. The third kappa shape index (κ3) is 4.89. The molecule has 0 fully saturated rings. The van der Waals surface area contributed by atoms with Crippen LogP contribution in [0.5, 0.6) is 5.75 Å². The molecular formula is C18H13ClN2O3S. The van der Waals surface area contributed by atoms with Crippen LogP contribution in [0.25, 0.3) is 0 Å². The molecule has 0 spiro atoms. The molecule has 1 aromatic heterocycles. The number of aromatic hydroxyl groups is 1. The van der Waals surface area contributed by atoms with Crippen molar-refractivity contribution in [2.45, 2.75) is 9.99 Å². The number of hydrogen-bond acceptors (Lipinski definition) is 5. The Balaban J connectivity index is 1.58. The number of halogens is 1. The van der Waals surface area contributed by atoms with Gasteiger partial charge in [0, 0.05) is 15.5 Å². The summed E-state index contributed by atoms with van der Waals surface area (Å²) in [5.41, 5.74) is 2.69. The third-order valence-electron chi connectivity index (χ3n) is 3.10. The van der Waals surface area contributed by atoms with E-state index < -0.39 is 5.91 Å². The van der Waals surface area contributed by atoms with Crippen molar-refractivity contribution in [1.82, 2.24) is 5.43 Å². The van der Waals surface area contributed by atoms with Gasteiger partial charge in [-0.25, -0.2) is 5.43 Å². The summed E-state index contributed by atoms with van der Waals surface area (Å²) in [6, 6.07) is 17.0. The van der Waals surface area contributed by atoms with Crippen molar-refractivity contribution >= 4 is 35.5 Å². The van der Waals surface area contributed by atoms with E-state index in [1.54, 1.807) is 18.2 Å². The molecule has 1 heterocycles. The number of hydrogen-bond donors (Lipinski definition) is 2. The lowest BCUT2D eigenvalue weighted by Gasteiger charge is -1.99. The zero-order chi connectivity index (χ0) is 17.6. The Morgan fingerprint density at radius 2 is 1.96 bits per heavy atom. The van der Waals surface area contributed by atoms with E-state index in [1.807, 2.05) is 30.3 Å². The molecule has 0 bridgehead atoms. The molecular weight excluding hydrogens is 360 g/mol. The van der Waals surface area contributed by atoms with E-state index in [4.69, 9.17) is 16.0 Å². The lowest BCUT2D eigenvalue weighted by molar-refractivity contribution is 0.0954. The van der Waals surface area contributed by atoms with Gasteiger partial charge in [0.2, 0.25) is 0 Å². The van der Waals surface area contributed by atoms with Crippen LogP contribution >= 0.6 is 23.4 Å². The van der Waals surface area contributed by atoms with Gasteiger partial charge in [0.1, 0.15) is 11.5 Å². The largest absolute Gasteiger partial charge is 0.508 e. The van der Waals surface area contributed by atoms with Gasteiger partial charge in [-0.15, -0.1) is 0 Å². The van der Waals surface area contributed by atoms with Gasteiger partial charge in [-0.2, -0.15) is 5.10 Å². The Kier molecular flexibility index (Phi) is 5.42. The Labute approximate surface area is 153 Å². The molecule has 25 heavy (non-hydrogen) atoms. The van der Waals surface area contributed by atoms with Gasteiger partial charge in [-0.3, -0.25) is 4.79 Å². The summed E-state index contributed by atoms with van der Waals surface area (Å²) in [7, 11) is 0. The summed E-state index contributed by atoms with van der Waals surface area (Å²) in [6.07, 6.45) is 1.41. The van der Waals surface area contributed by atoms with Crippen LogP contribution in [0.2, 0.25) is 5.02 Å². The zero-order valence-corrected chi connectivity index (χ0v) is 14.4. The Morgan fingerprint density at radius 3 is 2.72 bits per heavy atom. The summed E-state index contributed by atoms with van der Waals surface area (Å²) in [5, 5.41) is 14.6. The van der Waals surface area contributed by atoms with Crippen LogP contribution in [-0.4, -0.2) is 17.2 Å². The minimum atomic E-state index is -0.422. The number of phenols is 1. The Morgan fingerprint density at radius 1 is 1.16 bits per heavy atom. The smallest absolute Gasteiger partial charge is 0.271 e. The lowest BCUT2D eigenvalue weighted by Crippen LogP contribution is -2.17. The molecule has 2 N–H and O–H groups in total. The summed E-state index contributed by atoms with van der Waals surface area (Å²) >= 11 is 7.31. The highest BCUT2D eigenvalue weighted by Gasteiger charge is 2.05. The van der Waals surface area contributed by atoms with E-state index >= 15 is 0 Å². The van der Waals surface area contributed by atoms with E-state index in [2.05, 4.69) is 10.5 Å². The molecule has 0 aliphatic rings. The first-order valence-electron chi connectivity index (χ1n) is 7.26. The number of rotatable bonds is 5. The molecule has 0 saturated heterocycles. The predicted octanol–water partition coefficient (Wildman–Crippen LogP) is 4.55. The fraction of sp³-hybridized carbons (Fsp3) is 0. The van der Waals surface area contributed by atoms with E-state index in [0.717, 1.165) is 4.90 Å². The normalized spacial score (nSPS) is 10.9. The van der Waals surface area contributed by atoms with Gasteiger partial charge < -0.3 is 9.52 Å². The molecule has 1 amide bonds. The number of carbonyl (C=O) groups is 1. The van der Waals surface area contributed by atoms with Crippen molar-refractivity contribution in [2.24, 2.45) is 5.10 Å². The number of amides is 1. The minimum absolute atomic E-state index is 0.0199. The maximum atomic E-state index is 11.9. The van der Waals surface area contributed by atoms with Gasteiger partial charge in [0.25, 0.3) is 5.91 Å². The molecule has 2 aromatic carbocycles. The number of furan rings is 1. The fourth-order valence-corrected chi connectivity index (χ4v) is 2.85. The van der Waals surface area contributed by atoms with Crippen molar-refractivity contribution < 1.29 is 14.3 Å². The molecule has 0 aliphatic carbocycles. The molecule has 0 aliphatic heterocycles. The van der Waals surface area contributed by atoms with Crippen molar-refractivity contribution in [1.29, 1.82) is 0 Å². The van der Waals surface area contributed by atoms with Crippen molar-refractivity contribution in [3.63, 3.8) is 0 Å². The van der Waals surface area contributed by atoms with Gasteiger partial charge in [-0.05, 0) is 54.6 Å². The summed E-state index contributed by atoms with van der Waals surface area (Å²) in [6.45, 7) is 0. The number of hydrazone groups is 1. The monoisotopic (exact) mass is 372 g/mol. The molecule has 126 valence electrons. The highest BCUT2D eigenvalue weighted by molar-refractivity contribution is 7.99. The molecule has 5 nitrogen and oxygen atoms in total. The number of carbonyl (C=O) groups excluding carboxylic acids is 1. The van der Waals surface area contributed by atoms with E-state index in [0.29, 0.717) is 21.4 Å². The second kappa shape index (κ2) is 7.92. The lowest BCUT2D eigenvalue weighted by atomic mass is 10.2. The van der Waals surface area contributed by atoms with Crippen LogP contribution in [0.15, 0.2) is 80.2 Å². The van der Waals surface area contributed by atoms with Crippen LogP contribution in [0.1, 0.15) is 16.1 Å². The van der Waals surface area contributed by atoms with Gasteiger partial charge in [0.05, 0.1) is 6.21 Å². The van der Waals surface area contributed by atoms with Crippen LogP contribution in [0, 0.1) is 0 Å². The fourth-order valence-electron chi connectivity index (χ4n) is 1.94. The standard InChI is InChI=1S/C18H13ClN2O3S/c19-13-4-7-16(8-5-13)25-17-9-6-15(24-17)11-20-21-18(23)12-2-1-3-14(22)10-12/h1-11,22H,(H,21,23)/b20-11+. The van der Waals surface area contributed by atoms with Crippen LogP contribution < -0.4 is 5.43 Å². The molecule has 0 unspecified atom stereocenters. The molecule has 3 aromatic rings. The summed E-state index contributed by atoms with van der Waals surface area (Å²) in [5.74, 6) is 0.105. The average molecular weight is 373 g/mol. The van der Waals surface area contributed by atoms with E-state index in [-0.39, 0.29) is 5.75 Å². The van der Waals surface area contributed by atoms with Crippen molar-refractivity contribution in [3.05, 3.63) is 77.0 Å². The van der Waals surface area contributed by atoms with Crippen molar-refractivity contribution in [3.8, 4) is 5.75 Å². The number of nitrogens with one attached hydrogen (secondary N) is 1. The van der Waals surface area contributed by atoms with E-state index in [1.165, 1.54) is 30.1 Å². The molecule has 7 heteroatoms. The molecule has 3 rings (SSSR count). The quantitative estimate of drug-likeness (QED) is 0.508. The predicted molar refractivity (Wildman–Crippen MR) is 97.5 cm³/mol. The second-order valence-corrected chi connectivity index (χ2v) is 6.48. The number of phenolic OH excluding ortho intramolecular Hbond substituents is 1. The summed E-state index contributed by atoms with van der Waals surface area (Å²) in [4.78, 5) is 12.9. The first-order valence-corrected chi connectivity index (χ1v) is 8.45. The van der Waals surface area contributed by atoms with Gasteiger partial charge >= 0.3 is 0 Å². The highest BCUT2D eigenvalue weighted by atomic mass is 35.5. The van der Waals surface area contributed by atoms with Gasteiger partial charge in [0.15, 0.2) is 5.09 Å². The first kappa shape index (κ1) is 17.1. The van der Waals surface area contributed by atoms with Gasteiger partial charge in [-0.1, -0.05) is 29.4 Å². The topological polar surface area (TPSA) is 74.8 Å². The molecule has 0 saturated carbocycles. The third-order valence-corrected chi connectivity index (χ3v) is 4.28. The highest BCUT2D eigenvalue weighted by Crippen LogP contribution is 2.29.